The van der Waals surface area contributed by atoms with Crippen LogP contribution in [0.5, 0.6) is 0 Å². The molecular weight excluding hydrogens is 414 g/mol. The second kappa shape index (κ2) is 10.6. The monoisotopic (exact) mass is 445 g/mol. The van der Waals surface area contributed by atoms with E-state index in [0.29, 0.717) is 19.8 Å². The van der Waals surface area contributed by atoms with Crippen LogP contribution in [0.25, 0.3) is 22.5 Å². The van der Waals surface area contributed by atoms with E-state index in [-0.39, 0.29) is 17.9 Å². The summed E-state index contributed by atoms with van der Waals surface area (Å²) in [7, 11) is 0. The number of nitrogens with one attached hydrogen (secondary N) is 1. The molecule has 1 aromatic carbocycles. The molecule has 3 heterocycles. The predicted octanol–water partition coefficient (Wildman–Crippen LogP) is 3.67. The molecule has 1 N–H and O–H groups in total. The van der Waals surface area contributed by atoms with Crippen LogP contribution in [0.2, 0.25) is 0 Å². The van der Waals surface area contributed by atoms with Gasteiger partial charge in [-0.1, -0.05) is 44.2 Å². The van der Waals surface area contributed by atoms with Gasteiger partial charge in [-0.05, 0) is 24.6 Å². The van der Waals surface area contributed by atoms with Gasteiger partial charge in [-0.3, -0.25) is 14.7 Å². The van der Waals surface area contributed by atoms with Crippen molar-refractivity contribution in [2.75, 3.05) is 26.3 Å². The predicted molar refractivity (Wildman–Crippen MR) is 128 cm³/mol. The number of ether oxygens (including phenoxy) is 1. The Bertz CT molecular complexity index is 1060. The summed E-state index contributed by atoms with van der Waals surface area (Å²) in [4.78, 5) is 28.6. The number of rotatable bonds is 7. The van der Waals surface area contributed by atoms with Crippen LogP contribution >= 0.6 is 0 Å². The van der Waals surface area contributed by atoms with E-state index in [1.165, 1.54) is 0 Å². The first-order chi connectivity index (χ1) is 16.0. The van der Waals surface area contributed by atoms with Crippen LogP contribution in [0.3, 0.4) is 0 Å². The molecule has 0 bridgehead atoms. The Hall–Kier alpha value is -3.16. The van der Waals surface area contributed by atoms with Crippen LogP contribution in [-0.4, -0.2) is 58.1 Å². The molecule has 0 aliphatic carbocycles. The maximum absolute atomic E-state index is 12.6. The number of aromatic nitrogens is 3. The Morgan fingerprint density at radius 2 is 1.82 bits per heavy atom. The Morgan fingerprint density at radius 3 is 2.48 bits per heavy atom. The van der Waals surface area contributed by atoms with Crippen LogP contribution in [0, 0.1) is 0 Å². The summed E-state index contributed by atoms with van der Waals surface area (Å²) in [6.45, 7) is 9.55. The fourth-order valence-electron chi connectivity index (χ4n) is 3.85. The van der Waals surface area contributed by atoms with Gasteiger partial charge < -0.3 is 10.1 Å². The molecule has 172 valence electrons. The lowest BCUT2D eigenvalue weighted by Gasteiger charge is -2.31. The van der Waals surface area contributed by atoms with Crippen molar-refractivity contribution in [3.63, 3.8) is 0 Å². The van der Waals surface area contributed by atoms with Gasteiger partial charge in [0.2, 0.25) is 5.91 Å². The number of hydrogen-bond donors (Lipinski definition) is 1. The van der Waals surface area contributed by atoms with Crippen LogP contribution in [-0.2, 0) is 16.1 Å². The number of carbonyl (C=O) groups excluding carboxylic acids is 1. The maximum atomic E-state index is 12.6. The molecule has 3 aromatic rings. The second-order valence-electron chi connectivity index (χ2n) is 8.60. The molecule has 1 atom stereocenters. The molecular formula is C26H31N5O2. The molecule has 1 aliphatic rings. The van der Waals surface area contributed by atoms with Crippen LogP contribution in [0.4, 0.5) is 0 Å². The highest BCUT2D eigenvalue weighted by atomic mass is 16.5. The first-order valence-corrected chi connectivity index (χ1v) is 11.5. The minimum atomic E-state index is -0.162. The van der Waals surface area contributed by atoms with Crippen molar-refractivity contribution in [3.05, 3.63) is 66.2 Å². The van der Waals surface area contributed by atoms with Gasteiger partial charge in [0.1, 0.15) is 5.82 Å². The van der Waals surface area contributed by atoms with Gasteiger partial charge >= 0.3 is 0 Å². The smallest absolute Gasteiger partial charge is 0.237 e. The zero-order chi connectivity index (χ0) is 23.2. The third-order valence-electron chi connectivity index (χ3n) is 5.93. The molecule has 0 spiro atoms. The molecule has 0 saturated carbocycles. The van der Waals surface area contributed by atoms with Gasteiger partial charge in [0.25, 0.3) is 0 Å². The molecule has 4 rings (SSSR count). The van der Waals surface area contributed by atoms with Gasteiger partial charge in [-0.2, -0.15) is 0 Å². The minimum absolute atomic E-state index is 0.0378. The van der Waals surface area contributed by atoms with Crippen molar-refractivity contribution in [2.45, 2.75) is 39.3 Å². The summed E-state index contributed by atoms with van der Waals surface area (Å²) in [5, 5.41) is 3.06. The molecule has 1 saturated heterocycles. The quantitative estimate of drug-likeness (QED) is 0.598. The number of carbonyl (C=O) groups is 1. The van der Waals surface area contributed by atoms with Crippen molar-refractivity contribution in [1.82, 2.24) is 25.2 Å². The largest absolute Gasteiger partial charge is 0.379 e. The van der Waals surface area contributed by atoms with E-state index in [1.54, 1.807) is 6.20 Å². The lowest BCUT2D eigenvalue weighted by Crippen LogP contribution is -2.49. The lowest BCUT2D eigenvalue weighted by atomic mass is 10.0. The van der Waals surface area contributed by atoms with Gasteiger partial charge in [0, 0.05) is 49.1 Å². The molecule has 1 fully saturated rings. The molecule has 33 heavy (non-hydrogen) atoms. The summed E-state index contributed by atoms with van der Waals surface area (Å²) < 4.78 is 5.38. The fourth-order valence-corrected chi connectivity index (χ4v) is 3.85. The number of pyridine rings is 1. The van der Waals surface area contributed by atoms with Gasteiger partial charge in [0.15, 0.2) is 0 Å². The van der Waals surface area contributed by atoms with Crippen LogP contribution in [0.1, 0.15) is 38.1 Å². The third-order valence-corrected chi connectivity index (χ3v) is 5.93. The second-order valence-corrected chi connectivity index (χ2v) is 8.60. The molecule has 0 radical (unpaired) electrons. The number of morpholine rings is 1. The Kier molecular flexibility index (Phi) is 7.42. The molecule has 7 nitrogen and oxygen atoms in total. The van der Waals surface area contributed by atoms with E-state index in [0.717, 1.165) is 47.0 Å². The summed E-state index contributed by atoms with van der Waals surface area (Å²) in [6.07, 6.45) is 3.64. The van der Waals surface area contributed by atoms with E-state index >= 15 is 0 Å². The van der Waals surface area contributed by atoms with Crippen LogP contribution < -0.4 is 5.32 Å². The molecule has 1 aliphatic heterocycles. The van der Waals surface area contributed by atoms with Gasteiger partial charge in [-0.25, -0.2) is 9.97 Å². The van der Waals surface area contributed by atoms with Crippen molar-refractivity contribution in [1.29, 1.82) is 0 Å². The molecule has 1 amide bonds. The number of nitrogens with zero attached hydrogens (tertiary/aromatic N) is 4. The number of hydrogen-bond acceptors (Lipinski definition) is 6. The third kappa shape index (κ3) is 5.61. The van der Waals surface area contributed by atoms with Gasteiger partial charge in [-0.15, -0.1) is 0 Å². The highest BCUT2D eigenvalue weighted by Crippen LogP contribution is 2.30. The molecule has 7 heteroatoms. The normalized spacial score (nSPS) is 15.4. The topological polar surface area (TPSA) is 80.2 Å². The van der Waals surface area contributed by atoms with Crippen molar-refractivity contribution in [3.8, 4) is 22.5 Å². The first kappa shape index (κ1) is 23.0. The summed E-state index contributed by atoms with van der Waals surface area (Å²) >= 11 is 0. The van der Waals surface area contributed by atoms with Crippen molar-refractivity contribution in [2.24, 2.45) is 0 Å². The van der Waals surface area contributed by atoms with E-state index in [9.17, 15) is 4.79 Å². The average Bonchev–Trinajstić information content (AvgIpc) is 2.87. The fraction of sp³-hybridized carbons (Fsp3) is 0.385. The summed E-state index contributed by atoms with van der Waals surface area (Å²) in [5.41, 5.74) is 4.65. The van der Waals surface area contributed by atoms with E-state index < -0.39 is 0 Å². The van der Waals surface area contributed by atoms with Crippen molar-refractivity contribution < 1.29 is 9.53 Å². The standard InChI is InChI=1S/C26H31N5O2/c1-18(2)25-28-17-22(23-6-4-5-11-27-23)24(30-25)21-9-7-20(8-10-21)16-29-26(32)19(3)31-12-14-33-15-13-31/h4-11,17-19H,12-16H2,1-3H3,(H,29,32). The minimum Gasteiger partial charge on any atom is -0.379 e. The highest BCUT2D eigenvalue weighted by Gasteiger charge is 2.22. The number of benzene rings is 1. The maximum Gasteiger partial charge on any atom is 0.237 e. The Balaban J connectivity index is 1.49. The Morgan fingerprint density at radius 1 is 1.06 bits per heavy atom. The van der Waals surface area contributed by atoms with Crippen molar-refractivity contribution >= 4 is 5.91 Å². The Labute approximate surface area is 195 Å². The first-order valence-electron chi connectivity index (χ1n) is 11.5. The van der Waals surface area contributed by atoms with Gasteiger partial charge in [0.05, 0.1) is 30.6 Å². The van der Waals surface area contributed by atoms with E-state index in [1.807, 2.05) is 55.6 Å². The number of amides is 1. The van der Waals surface area contributed by atoms with E-state index in [2.05, 4.69) is 34.0 Å². The SMILES string of the molecule is CC(C)c1ncc(-c2ccccn2)c(-c2ccc(CNC(=O)C(C)N3CCOCC3)cc2)n1. The zero-order valence-corrected chi connectivity index (χ0v) is 19.5. The van der Waals surface area contributed by atoms with Crippen LogP contribution in [0.15, 0.2) is 54.9 Å². The highest BCUT2D eigenvalue weighted by molar-refractivity contribution is 5.81. The summed E-state index contributed by atoms with van der Waals surface area (Å²) in [6, 6.07) is 13.8. The molecule has 2 aromatic heterocycles. The molecule has 1 unspecified atom stereocenters. The zero-order valence-electron chi connectivity index (χ0n) is 19.5. The summed E-state index contributed by atoms with van der Waals surface area (Å²) in [5.74, 6) is 1.07. The van der Waals surface area contributed by atoms with E-state index in [4.69, 9.17) is 9.72 Å². The lowest BCUT2D eigenvalue weighted by molar-refractivity contribution is -0.127. The average molecular weight is 446 g/mol.